The molecule has 0 radical (unpaired) electrons. The van der Waals surface area contributed by atoms with Gasteiger partial charge in [-0.05, 0) is 42.5 Å². The number of halogens is 3. The average molecular weight is 453 g/mol. The van der Waals surface area contributed by atoms with E-state index in [0.29, 0.717) is 31.3 Å². The summed E-state index contributed by atoms with van der Waals surface area (Å²) in [5.74, 6) is 0.839. The van der Waals surface area contributed by atoms with Gasteiger partial charge in [-0.25, -0.2) is 8.42 Å². The van der Waals surface area contributed by atoms with E-state index >= 15 is 0 Å². The van der Waals surface area contributed by atoms with E-state index in [1.807, 2.05) is 9.80 Å². The SMILES string of the molecule is CC1(C)CN2CCS(=O)(=O)N=C2N(c2ccc(Oc3cccc(C(F)(F)F)c3)cc2)C1. The third-order valence-corrected chi connectivity index (χ3v) is 6.25. The molecule has 0 bridgehead atoms. The third-order valence-electron chi connectivity index (χ3n) is 5.11. The summed E-state index contributed by atoms with van der Waals surface area (Å²) in [5.41, 5.74) is -0.147. The Morgan fingerprint density at radius 3 is 2.42 bits per heavy atom. The van der Waals surface area contributed by atoms with Crippen molar-refractivity contribution in [1.29, 1.82) is 0 Å². The van der Waals surface area contributed by atoms with E-state index < -0.39 is 21.8 Å². The number of rotatable bonds is 3. The van der Waals surface area contributed by atoms with Crippen LogP contribution in [-0.2, 0) is 16.2 Å². The Bertz CT molecular complexity index is 1110. The maximum absolute atomic E-state index is 12.9. The van der Waals surface area contributed by atoms with E-state index in [0.717, 1.165) is 17.8 Å². The van der Waals surface area contributed by atoms with Crippen molar-refractivity contribution in [1.82, 2.24) is 4.90 Å². The zero-order chi connectivity index (χ0) is 22.4. The number of sulfonamides is 1. The van der Waals surface area contributed by atoms with Crippen molar-refractivity contribution in [2.45, 2.75) is 20.0 Å². The van der Waals surface area contributed by atoms with Crippen LogP contribution in [0.2, 0.25) is 0 Å². The topological polar surface area (TPSA) is 62.2 Å². The summed E-state index contributed by atoms with van der Waals surface area (Å²) in [4.78, 5) is 3.83. The first-order valence-electron chi connectivity index (χ1n) is 9.72. The minimum absolute atomic E-state index is 0.00973. The lowest BCUT2D eigenvalue weighted by atomic mass is 9.89. The van der Waals surface area contributed by atoms with Gasteiger partial charge in [-0.1, -0.05) is 19.9 Å². The second-order valence-corrected chi connectivity index (χ2v) is 10.2. The quantitative estimate of drug-likeness (QED) is 0.692. The van der Waals surface area contributed by atoms with Crippen LogP contribution in [0.25, 0.3) is 0 Å². The fourth-order valence-corrected chi connectivity index (χ4v) is 4.77. The Kier molecular flexibility index (Phi) is 5.15. The summed E-state index contributed by atoms with van der Waals surface area (Å²) < 4.78 is 72.4. The number of benzene rings is 2. The molecule has 0 unspecified atom stereocenters. The molecule has 0 N–H and O–H groups in total. The van der Waals surface area contributed by atoms with Gasteiger partial charge in [0, 0.05) is 30.7 Å². The van der Waals surface area contributed by atoms with E-state index in [9.17, 15) is 21.6 Å². The van der Waals surface area contributed by atoms with E-state index in [2.05, 4.69) is 18.2 Å². The summed E-state index contributed by atoms with van der Waals surface area (Å²) in [6, 6.07) is 11.4. The Hall–Kier alpha value is -2.75. The minimum Gasteiger partial charge on any atom is -0.457 e. The summed E-state index contributed by atoms with van der Waals surface area (Å²) in [7, 11) is -3.51. The molecule has 0 amide bonds. The Balaban J connectivity index is 1.59. The van der Waals surface area contributed by atoms with Crippen molar-refractivity contribution < 1.29 is 26.3 Å². The van der Waals surface area contributed by atoms with Gasteiger partial charge in [0.15, 0.2) is 0 Å². The van der Waals surface area contributed by atoms with Crippen molar-refractivity contribution in [2.75, 3.05) is 30.3 Å². The molecule has 4 rings (SSSR count). The standard InChI is InChI=1S/C21H22F3N3O3S/c1-20(2)13-26-10-11-31(28,29)25-19(26)27(14-20)16-6-8-17(9-7-16)30-18-5-3-4-15(12-18)21(22,23)24/h3-9,12H,10-11,13-14H2,1-2H3. The Labute approximate surface area is 179 Å². The molecule has 1 fully saturated rings. The molecular formula is C21H22F3N3O3S. The van der Waals surface area contributed by atoms with Gasteiger partial charge in [-0.15, -0.1) is 4.40 Å². The van der Waals surface area contributed by atoms with Gasteiger partial charge in [-0.3, -0.25) is 0 Å². The number of ether oxygens (including phenoxy) is 1. The lowest BCUT2D eigenvalue weighted by Crippen LogP contribution is -2.60. The molecule has 2 heterocycles. The summed E-state index contributed by atoms with van der Waals surface area (Å²) in [5, 5.41) is 0. The molecule has 1 saturated heterocycles. The molecule has 0 saturated carbocycles. The van der Waals surface area contributed by atoms with E-state index in [4.69, 9.17) is 4.74 Å². The molecule has 2 aromatic carbocycles. The lowest BCUT2D eigenvalue weighted by molar-refractivity contribution is -0.137. The highest BCUT2D eigenvalue weighted by Gasteiger charge is 2.39. The first-order chi connectivity index (χ1) is 14.4. The maximum atomic E-state index is 12.9. The number of guanidine groups is 1. The number of fused-ring (bicyclic) bond motifs is 1. The number of hydrogen-bond donors (Lipinski definition) is 0. The number of anilines is 1. The predicted molar refractivity (Wildman–Crippen MR) is 112 cm³/mol. The fourth-order valence-electron chi connectivity index (χ4n) is 3.76. The van der Waals surface area contributed by atoms with Gasteiger partial charge in [0.1, 0.15) is 11.5 Å². The van der Waals surface area contributed by atoms with Crippen LogP contribution in [0, 0.1) is 5.41 Å². The van der Waals surface area contributed by atoms with Gasteiger partial charge in [0.2, 0.25) is 5.96 Å². The van der Waals surface area contributed by atoms with Gasteiger partial charge in [-0.2, -0.15) is 13.2 Å². The molecule has 6 nitrogen and oxygen atoms in total. The van der Waals surface area contributed by atoms with Crippen LogP contribution in [0.15, 0.2) is 52.9 Å². The highest BCUT2D eigenvalue weighted by atomic mass is 32.2. The average Bonchev–Trinajstić information content (AvgIpc) is 2.67. The molecule has 0 aliphatic carbocycles. The van der Waals surface area contributed by atoms with Crippen LogP contribution in [0.5, 0.6) is 11.5 Å². The van der Waals surface area contributed by atoms with Crippen LogP contribution in [0.1, 0.15) is 19.4 Å². The van der Waals surface area contributed by atoms with Gasteiger partial charge in [0.05, 0.1) is 11.3 Å². The zero-order valence-electron chi connectivity index (χ0n) is 17.1. The normalized spacial score (nSPS) is 20.1. The van der Waals surface area contributed by atoms with Gasteiger partial charge < -0.3 is 14.5 Å². The van der Waals surface area contributed by atoms with Crippen molar-refractivity contribution in [3.8, 4) is 11.5 Å². The van der Waals surface area contributed by atoms with Crippen LogP contribution < -0.4 is 9.64 Å². The van der Waals surface area contributed by atoms with Crippen LogP contribution in [0.4, 0.5) is 18.9 Å². The van der Waals surface area contributed by atoms with E-state index in [1.165, 1.54) is 12.1 Å². The molecule has 0 aromatic heterocycles. The molecular weight excluding hydrogens is 431 g/mol. The molecule has 2 aliphatic heterocycles. The number of nitrogens with zero attached hydrogens (tertiary/aromatic N) is 3. The van der Waals surface area contributed by atoms with E-state index in [-0.39, 0.29) is 16.9 Å². The van der Waals surface area contributed by atoms with Crippen molar-refractivity contribution in [3.05, 3.63) is 54.1 Å². The molecule has 0 spiro atoms. The van der Waals surface area contributed by atoms with Crippen molar-refractivity contribution >= 4 is 21.7 Å². The maximum Gasteiger partial charge on any atom is 0.416 e. The Morgan fingerprint density at radius 2 is 1.74 bits per heavy atom. The first-order valence-corrected chi connectivity index (χ1v) is 11.3. The number of hydrogen-bond acceptors (Lipinski definition) is 5. The van der Waals surface area contributed by atoms with E-state index in [1.54, 1.807) is 24.3 Å². The zero-order valence-corrected chi connectivity index (χ0v) is 17.9. The molecule has 10 heteroatoms. The number of alkyl halides is 3. The highest BCUT2D eigenvalue weighted by molar-refractivity contribution is 7.90. The fraction of sp³-hybridized carbons (Fsp3) is 0.381. The third kappa shape index (κ3) is 4.79. The van der Waals surface area contributed by atoms with Gasteiger partial charge in [0.25, 0.3) is 10.0 Å². The lowest BCUT2D eigenvalue weighted by Gasteiger charge is -2.47. The smallest absolute Gasteiger partial charge is 0.416 e. The van der Waals surface area contributed by atoms with Crippen molar-refractivity contribution in [2.24, 2.45) is 9.81 Å². The molecule has 0 atom stereocenters. The summed E-state index contributed by atoms with van der Waals surface area (Å²) >= 11 is 0. The molecule has 166 valence electrons. The Morgan fingerprint density at radius 1 is 1.03 bits per heavy atom. The predicted octanol–water partition coefficient (Wildman–Crippen LogP) is 4.35. The minimum atomic E-state index is -4.45. The van der Waals surface area contributed by atoms with Gasteiger partial charge >= 0.3 is 6.18 Å². The summed E-state index contributed by atoms with van der Waals surface area (Å²) in [6.45, 7) is 5.87. The second-order valence-electron chi connectivity index (χ2n) is 8.47. The molecule has 31 heavy (non-hydrogen) atoms. The van der Waals surface area contributed by atoms with Crippen molar-refractivity contribution in [3.63, 3.8) is 0 Å². The monoisotopic (exact) mass is 453 g/mol. The van der Waals surface area contributed by atoms with Crippen LogP contribution in [0.3, 0.4) is 0 Å². The molecule has 2 aromatic rings. The molecule has 2 aliphatic rings. The van der Waals surface area contributed by atoms with Crippen LogP contribution >= 0.6 is 0 Å². The first kappa shape index (κ1) is 21.5. The summed E-state index contributed by atoms with van der Waals surface area (Å²) in [6.07, 6.45) is -4.45. The highest BCUT2D eigenvalue weighted by Crippen LogP contribution is 2.35. The second kappa shape index (κ2) is 7.44. The van der Waals surface area contributed by atoms with Crippen LogP contribution in [-0.4, -0.2) is 44.7 Å². The largest absolute Gasteiger partial charge is 0.457 e.